The van der Waals surface area contributed by atoms with Gasteiger partial charge in [-0.15, -0.1) is 0 Å². The van der Waals surface area contributed by atoms with Crippen LogP contribution in [0.25, 0.3) is 0 Å². The maximum atomic E-state index is 6.84. The molecule has 118 valence electrons. The number of halogens is 1. The Morgan fingerprint density at radius 1 is 1.15 bits per heavy atom. The Labute approximate surface area is 134 Å². The molecule has 2 heteroatoms. The SMILES string of the molecule is CC1CCC(C(C)C)C(OC2(CBr)CCCC(C)C2)C1. The predicted molar refractivity (Wildman–Crippen MR) is 90.4 cm³/mol. The normalized spacial score (nSPS) is 42.9. The van der Waals surface area contributed by atoms with Gasteiger partial charge >= 0.3 is 0 Å². The molecule has 0 aromatic rings. The van der Waals surface area contributed by atoms with Gasteiger partial charge in [0.2, 0.25) is 0 Å². The molecule has 2 aliphatic rings. The zero-order valence-corrected chi connectivity index (χ0v) is 15.4. The van der Waals surface area contributed by atoms with Crippen molar-refractivity contribution in [3.63, 3.8) is 0 Å². The van der Waals surface area contributed by atoms with Gasteiger partial charge in [0.25, 0.3) is 0 Å². The highest BCUT2D eigenvalue weighted by molar-refractivity contribution is 9.09. The quantitative estimate of drug-likeness (QED) is 0.585. The van der Waals surface area contributed by atoms with Crippen LogP contribution >= 0.6 is 15.9 Å². The Kier molecular flexibility index (Phi) is 5.99. The van der Waals surface area contributed by atoms with Crippen LogP contribution in [-0.2, 0) is 4.74 Å². The molecule has 0 aliphatic heterocycles. The van der Waals surface area contributed by atoms with Crippen molar-refractivity contribution in [3.8, 4) is 0 Å². The van der Waals surface area contributed by atoms with Gasteiger partial charge in [-0.3, -0.25) is 0 Å². The minimum absolute atomic E-state index is 0.118. The maximum absolute atomic E-state index is 6.84. The predicted octanol–water partition coefficient (Wildman–Crippen LogP) is 5.81. The molecule has 0 aromatic heterocycles. The third kappa shape index (κ3) is 4.00. The summed E-state index contributed by atoms with van der Waals surface area (Å²) in [5.41, 5.74) is 0.118. The summed E-state index contributed by atoms with van der Waals surface area (Å²) < 4.78 is 6.84. The lowest BCUT2D eigenvalue weighted by Gasteiger charge is -2.46. The summed E-state index contributed by atoms with van der Waals surface area (Å²) in [4.78, 5) is 0. The molecule has 2 aliphatic carbocycles. The van der Waals surface area contributed by atoms with E-state index in [9.17, 15) is 0 Å². The summed E-state index contributed by atoms with van der Waals surface area (Å²) in [6.07, 6.45) is 9.71. The van der Waals surface area contributed by atoms with E-state index in [4.69, 9.17) is 4.74 Å². The third-order valence-electron chi connectivity index (χ3n) is 5.66. The zero-order chi connectivity index (χ0) is 14.8. The van der Waals surface area contributed by atoms with E-state index < -0.39 is 0 Å². The van der Waals surface area contributed by atoms with Gasteiger partial charge in [0.05, 0.1) is 11.7 Å². The van der Waals surface area contributed by atoms with Crippen LogP contribution < -0.4 is 0 Å². The molecule has 0 N–H and O–H groups in total. The van der Waals surface area contributed by atoms with Crippen molar-refractivity contribution in [2.75, 3.05) is 5.33 Å². The van der Waals surface area contributed by atoms with Crippen LogP contribution in [0.4, 0.5) is 0 Å². The average molecular weight is 345 g/mol. The van der Waals surface area contributed by atoms with Gasteiger partial charge in [-0.2, -0.15) is 0 Å². The molecule has 2 saturated carbocycles. The molecule has 0 saturated heterocycles. The summed E-state index contributed by atoms with van der Waals surface area (Å²) in [5, 5.41) is 1.01. The molecule has 0 aromatic carbocycles. The highest BCUT2D eigenvalue weighted by atomic mass is 79.9. The van der Waals surface area contributed by atoms with E-state index in [1.807, 2.05) is 0 Å². The van der Waals surface area contributed by atoms with Crippen LogP contribution in [0.2, 0.25) is 0 Å². The number of alkyl halides is 1. The zero-order valence-electron chi connectivity index (χ0n) is 13.8. The average Bonchev–Trinajstić information content (AvgIpc) is 2.38. The summed E-state index contributed by atoms with van der Waals surface area (Å²) in [5.74, 6) is 3.17. The van der Waals surface area contributed by atoms with Crippen molar-refractivity contribution in [2.24, 2.45) is 23.7 Å². The van der Waals surface area contributed by atoms with Crippen molar-refractivity contribution in [3.05, 3.63) is 0 Å². The first-order valence-electron chi connectivity index (χ1n) is 8.69. The van der Waals surface area contributed by atoms with Crippen molar-refractivity contribution < 1.29 is 4.74 Å². The fourth-order valence-electron chi connectivity index (χ4n) is 4.44. The molecular weight excluding hydrogens is 312 g/mol. The second-order valence-corrected chi connectivity index (χ2v) is 8.56. The van der Waals surface area contributed by atoms with Gasteiger partial charge in [0, 0.05) is 5.33 Å². The van der Waals surface area contributed by atoms with Crippen LogP contribution in [-0.4, -0.2) is 17.0 Å². The Hall–Kier alpha value is 0.440. The number of hydrogen-bond donors (Lipinski definition) is 0. The minimum atomic E-state index is 0.118. The van der Waals surface area contributed by atoms with E-state index in [1.165, 1.54) is 44.9 Å². The smallest absolute Gasteiger partial charge is 0.0785 e. The molecule has 5 unspecified atom stereocenters. The van der Waals surface area contributed by atoms with Crippen molar-refractivity contribution >= 4 is 15.9 Å². The molecule has 0 spiro atoms. The van der Waals surface area contributed by atoms with Gasteiger partial charge in [-0.05, 0) is 49.4 Å². The van der Waals surface area contributed by atoms with Crippen LogP contribution in [0, 0.1) is 23.7 Å². The molecule has 0 bridgehead atoms. The summed E-state index contributed by atoms with van der Waals surface area (Å²) >= 11 is 3.77. The summed E-state index contributed by atoms with van der Waals surface area (Å²) in [7, 11) is 0. The first kappa shape index (κ1) is 16.8. The molecule has 0 amide bonds. The van der Waals surface area contributed by atoms with Gasteiger partial charge < -0.3 is 4.74 Å². The van der Waals surface area contributed by atoms with Gasteiger partial charge in [-0.25, -0.2) is 0 Å². The Morgan fingerprint density at radius 3 is 2.50 bits per heavy atom. The van der Waals surface area contributed by atoms with Gasteiger partial charge in [0.1, 0.15) is 0 Å². The van der Waals surface area contributed by atoms with Crippen LogP contribution in [0.5, 0.6) is 0 Å². The Balaban J connectivity index is 2.07. The number of ether oxygens (including phenoxy) is 1. The highest BCUT2D eigenvalue weighted by Crippen LogP contribution is 2.42. The molecule has 2 rings (SSSR count). The second-order valence-electron chi connectivity index (χ2n) is 8.00. The molecule has 0 heterocycles. The molecule has 2 fully saturated rings. The third-order valence-corrected chi connectivity index (χ3v) is 6.68. The monoisotopic (exact) mass is 344 g/mol. The fraction of sp³-hybridized carbons (Fsp3) is 1.00. The Bertz CT molecular complexity index is 304. The van der Waals surface area contributed by atoms with E-state index in [1.54, 1.807) is 0 Å². The van der Waals surface area contributed by atoms with E-state index in [-0.39, 0.29) is 5.60 Å². The summed E-state index contributed by atoms with van der Waals surface area (Å²) in [6, 6.07) is 0. The van der Waals surface area contributed by atoms with Crippen LogP contribution in [0.3, 0.4) is 0 Å². The molecule has 20 heavy (non-hydrogen) atoms. The van der Waals surface area contributed by atoms with Crippen molar-refractivity contribution in [1.82, 2.24) is 0 Å². The molecule has 5 atom stereocenters. The van der Waals surface area contributed by atoms with Crippen LogP contribution in [0.15, 0.2) is 0 Å². The van der Waals surface area contributed by atoms with E-state index >= 15 is 0 Å². The second kappa shape index (κ2) is 7.13. The van der Waals surface area contributed by atoms with E-state index in [0.717, 1.165) is 29.0 Å². The molecule has 1 nitrogen and oxygen atoms in total. The van der Waals surface area contributed by atoms with E-state index in [0.29, 0.717) is 6.10 Å². The first-order chi connectivity index (χ1) is 9.46. The largest absolute Gasteiger partial charge is 0.371 e. The van der Waals surface area contributed by atoms with E-state index in [2.05, 4.69) is 43.6 Å². The Morgan fingerprint density at radius 2 is 1.90 bits per heavy atom. The fourth-order valence-corrected chi connectivity index (χ4v) is 5.08. The first-order valence-corrected chi connectivity index (χ1v) is 9.81. The number of hydrogen-bond acceptors (Lipinski definition) is 1. The molecular formula is C18H33BrO. The standard InChI is InChI=1S/C18H33BrO/c1-13(2)16-8-7-14(3)10-17(16)20-18(12-19)9-5-6-15(4)11-18/h13-17H,5-12H2,1-4H3. The highest BCUT2D eigenvalue weighted by Gasteiger charge is 2.41. The summed E-state index contributed by atoms with van der Waals surface area (Å²) in [6.45, 7) is 9.54. The lowest BCUT2D eigenvalue weighted by molar-refractivity contribution is -0.147. The van der Waals surface area contributed by atoms with Crippen molar-refractivity contribution in [2.45, 2.75) is 84.3 Å². The molecule has 0 radical (unpaired) electrons. The lowest BCUT2D eigenvalue weighted by Crippen LogP contribution is -2.46. The van der Waals surface area contributed by atoms with Crippen LogP contribution in [0.1, 0.15) is 72.6 Å². The van der Waals surface area contributed by atoms with Gasteiger partial charge in [0.15, 0.2) is 0 Å². The lowest BCUT2D eigenvalue weighted by atomic mass is 9.74. The van der Waals surface area contributed by atoms with Crippen molar-refractivity contribution in [1.29, 1.82) is 0 Å². The van der Waals surface area contributed by atoms with Gasteiger partial charge in [-0.1, -0.05) is 62.9 Å². The maximum Gasteiger partial charge on any atom is 0.0785 e. The topological polar surface area (TPSA) is 9.23 Å². The number of rotatable bonds is 4. The minimum Gasteiger partial charge on any atom is -0.371 e.